The number of hydrogen-bond donors (Lipinski definition) is 1. The highest BCUT2D eigenvalue weighted by Crippen LogP contribution is 2.33. The molecular weight excluding hydrogens is 234 g/mol. The molecule has 4 unspecified atom stereocenters. The van der Waals surface area contributed by atoms with Crippen LogP contribution in [0.3, 0.4) is 0 Å². The lowest BCUT2D eigenvalue weighted by atomic mass is 9.93. The predicted molar refractivity (Wildman–Crippen MR) is 80.3 cm³/mol. The van der Waals surface area contributed by atoms with Crippen LogP contribution in [0.1, 0.15) is 58.2 Å². The summed E-state index contributed by atoms with van der Waals surface area (Å²) in [7, 11) is 2.10. The average molecular weight is 263 g/mol. The molecule has 0 spiro atoms. The molecule has 0 bridgehead atoms. The minimum atomic E-state index is 0.508. The van der Waals surface area contributed by atoms with E-state index in [1.165, 1.54) is 25.0 Å². The second kappa shape index (κ2) is 6.56. The van der Waals surface area contributed by atoms with E-state index in [1.807, 2.05) is 0 Å². The normalized spacial score (nSPS) is 26.5. The van der Waals surface area contributed by atoms with Crippen molar-refractivity contribution in [3.05, 3.63) is 18.0 Å². The van der Waals surface area contributed by atoms with Gasteiger partial charge in [-0.15, -0.1) is 0 Å². The Kier molecular flexibility index (Phi) is 5.03. The molecule has 0 amide bonds. The minimum Gasteiger partial charge on any atom is -0.316 e. The van der Waals surface area contributed by atoms with Crippen molar-refractivity contribution in [1.29, 1.82) is 0 Å². The van der Waals surface area contributed by atoms with Crippen molar-refractivity contribution in [2.45, 2.75) is 65.0 Å². The molecule has 0 saturated heterocycles. The minimum absolute atomic E-state index is 0.508. The fourth-order valence-electron chi connectivity index (χ4n) is 3.27. The third kappa shape index (κ3) is 3.59. The molecule has 1 aliphatic carbocycles. The highest BCUT2D eigenvalue weighted by atomic mass is 15.3. The summed E-state index contributed by atoms with van der Waals surface area (Å²) in [5.74, 6) is 1.73. The number of likely N-dealkylation sites (N-methyl/N-ethyl adjacent to an activating group) is 1. The van der Waals surface area contributed by atoms with Crippen molar-refractivity contribution in [3.8, 4) is 0 Å². The van der Waals surface area contributed by atoms with Crippen LogP contribution in [0.25, 0.3) is 0 Å². The number of nitrogens with zero attached hydrogens (tertiary/aromatic N) is 2. The Bertz CT molecular complexity index is 385. The SMILES string of the molecule is CCC(C)n1ccc(CC(NC)C2CCC(C)C2)n1. The first-order valence-corrected chi connectivity index (χ1v) is 7.85. The Hall–Kier alpha value is -0.830. The van der Waals surface area contributed by atoms with Gasteiger partial charge in [-0.3, -0.25) is 4.68 Å². The van der Waals surface area contributed by atoms with Gasteiger partial charge in [-0.25, -0.2) is 0 Å². The second-order valence-electron chi connectivity index (χ2n) is 6.32. The highest BCUT2D eigenvalue weighted by molar-refractivity contribution is 5.03. The number of nitrogens with one attached hydrogen (secondary N) is 1. The molecule has 1 aliphatic rings. The van der Waals surface area contributed by atoms with Gasteiger partial charge >= 0.3 is 0 Å². The molecule has 1 saturated carbocycles. The van der Waals surface area contributed by atoms with Crippen LogP contribution in [0.2, 0.25) is 0 Å². The first-order valence-electron chi connectivity index (χ1n) is 7.85. The van der Waals surface area contributed by atoms with Crippen LogP contribution < -0.4 is 5.32 Å². The maximum atomic E-state index is 4.74. The van der Waals surface area contributed by atoms with Crippen LogP contribution in [0.5, 0.6) is 0 Å². The first-order chi connectivity index (χ1) is 9.13. The Morgan fingerprint density at radius 3 is 2.84 bits per heavy atom. The van der Waals surface area contributed by atoms with Crippen LogP contribution in [0.4, 0.5) is 0 Å². The van der Waals surface area contributed by atoms with E-state index in [9.17, 15) is 0 Å². The van der Waals surface area contributed by atoms with Crippen molar-refractivity contribution in [2.24, 2.45) is 11.8 Å². The fraction of sp³-hybridized carbons (Fsp3) is 0.812. The molecule has 0 radical (unpaired) electrons. The van der Waals surface area contributed by atoms with Crippen LogP contribution >= 0.6 is 0 Å². The monoisotopic (exact) mass is 263 g/mol. The standard InChI is InChI=1S/C16H29N3/c1-5-13(3)19-9-8-15(18-19)11-16(17-4)14-7-6-12(2)10-14/h8-9,12-14,16-17H,5-7,10-11H2,1-4H3. The molecule has 3 nitrogen and oxygen atoms in total. The molecule has 1 aromatic rings. The number of aromatic nitrogens is 2. The molecule has 108 valence electrons. The molecule has 0 aromatic carbocycles. The summed E-state index contributed by atoms with van der Waals surface area (Å²) < 4.78 is 2.11. The molecule has 1 fully saturated rings. The maximum absolute atomic E-state index is 4.74. The zero-order valence-corrected chi connectivity index (χ0v) is 12.9. The van der Waals surface area contributed by atoms with Gasteiger partial charge in [-0.05, 0) is 51.1 Å². The molecule has 4 atom stereocenters. The average Bonchev–Trinajstić information content (AvgIpc) is 3.04. The summed E-state index contributed by atoms with van der Waals surface area (Å²) in [6.45, 7) is 6.82. The molecule has 1 aromatic heterocycles. The Morgan fingerprint density at radius 1 is 1.47 bits per heavy atom. The quantitative estimate of drug-likeness (QED) is 0.852. The fourth-order valence-corrected chi connectivity index (χ4v) is 3.27. The second-order valence-corrected chi connectivity index (χ2v) is 6.32. The lowest BCUT2D eigenvalue weighted by Crippen LogP contribution is -2.34. The topological polar surface area (TPSA) is 29.9 Å². The van der Waals surface area contributed by atoms with E-state index < -0.39 is 0 Å². The Balaban J connectivity index is 1.96. The van der Waals surface area contributed by atoms with Gasteiger partial charge in [-0.2, -0.15) is 5.10 Å². The van der Waals surface area contributed by atoms with Crippen LogP contribution in [0, 0.1) is 11.8 Å². The van der Waals surface area contributed by atoms with Crippen LogP contribution in [-0.4, -0.2) is 22.9 Å². The lowest BCUT2D eigenvalue weighted by molar-refractivity contribution is 0.363. The van der Waals surface area contributed by atoms with E-state index in [0.29, 0.717) is 12.1 Å². The third-order valence-electron chi connectivity index (χ3n) is 4.81. The molecule has 19 heavy (non-hydrogen) atoms. The Labute approximate surface area is 117 Å². The number of rotatable bonds is 6. The van der Waals surface area contributed by atoms with Gasteiger partial charge in [0.1, 0.15) is 0 Å². The van der Waals surface area contributed by atoms with Crippen molar-refractivity contribution in [2.75, 3.05) is 7.05 Å². The molecule has 1 heterocycles. The van der Waals surface area contributed by atoms with Gasteiger partial charge in [0.2, 0.25) is 0 Å². The molecular formula is C16H29N3. The summed E-state index contributed by atoms with van der Waals surface area (Å²) >= 11 is 0. The van der Waals surface area contributed by atoms with Gasteiger partial charge in [0.25, 0.3) is 0 Å². The van der Waals surface area contributed by atoms with Crippen molar-refractivity contribution in [1.82, 2.24) is 15.1 Å². The Morgan fingerprint density at radius 2 is 2.26 bits per heavy atom. The summed E-state index contributed by atoms with van der Waals surface area (Å²) in [6.07, 6.45) is 8.47. The summed E-state index contributed by atoms with van der Waals surface area (Å²) in [6, 6.07) is 3.29. The van der Waals surface area contributed by atoms with Crippen molar-refractivity contribution < 1.29 is 0 Å². The highest BCUT2D eigenvalue weighted by Gasteiger charge is 2.28. The first kappa shape index (κ1) is 14.6. The van der Waals surface area contributed by atoms with E-state index in [1.54, 1.807) is 0 Å². The molecule has 0 aliphatic heterocycles. The molecule has 2 rings (SSSR count). The van der Waals surface area contributed by atoms with E-state index in [-0.39, 0.29) is 0 Å². The molecule has 1 N–H and O–H groups in total. The van der Waals surface area contributed by atoms with E-state index in [4.69, 9.17) is 5.10 Å². The van der Waals surface area contributed by atoms with Crippen LogP contribution in [-0.2, 0) is 6.42 Å². The number of hydrogen-bond acceptors (Lipinski definition) is 2. The molecule has 3 heteroatoms. The third-order valence-corrected chi connectivity index (χ3v) is 4.81. The van der Waals surface area contributed by atoms with Crippen LogP contribution in [0.15, 0.2) is 12.3 Å². The van der Waals surface area contributed by atoms with Gasteiger partial charge in [0.05, 0.1) is 5.69 Å². The van der Waals surface area contributed by atoms with Gasteiger partial charge < -0.3 is 5.32 Å². The van der Waals surface area contributed by atoms with Gasteiger partial charge in [-0.1, -0.05) is 20.3 Å². The summed E-state index contributed by atoms with van der Waals surface area (Å²) in [4.78, 5) is 0. The zero-order chi connectivity index (χ0) is 13.8. The van der Waals surface area contributed by atoms with Crippen molar-refractivity contribution >= 4 is 0 Å². The maximum Gasteiger partial charge on any atom is 0.0640 e. The van der Waals surface area contributed by atoms with E-state index >= 15 is 0 Å². The van der Waals surface area contributed by atoms with E-state index in [2.05, 4.69) is 50.1 Å². The van der Waals surface area contributed by atoms with Crippen molar-refractivity contribution in [3.63, 3.8) is 0 Å². The smallest absolute Gasteiger partial charge is 0.0640 e. The summed E-state index contributed by atoms with van der Waals surface area (Å²) in [5, 5.41) is 8.25. The zero-order valence-electron chi connectivity index (χ0n) is 12.9. The van der Waals surface area contributed by atoms with Gasteiger partial charge in [0.15, 0.2) is 0 Å². The van der Waals surface area contributed by atoms with Gasteiger partial charge in [0, 0.05) is 24.7 Å². The largest absolute Gasteiger partial charge is 0.316 e. The lowest BCUT2D eigenvalue weighted by Gasteiger charge is -2.22. The summed E-state index contributed by atoms with van der Waals surface area (Å²) in [5.41, 5.74) is 1.24. The van der Waals surface area contributed by atoms with E-state index in [0.717, 1.165) is 24.7 Å². The predicted octanol–water partition coefficient (Wildman–Crippen LogP) is 3.42.